The molecule has 0 aliphatic heterocycles. The summed E-state index contributed by atoms with van der Waals surface area (Å²) in [7, 11) is 3.28. The molecule has 0 atom stereocenters. The van der Waals surface area contributed by atoms with E-state index in [1.807, 2.05) is 37.3 Å². The summed E-state index contributed by atoms with van der Waals surface area (Å²) in [4.78, 5) is 8.65. The molecule has 0 radical (unpaired) electrons. The number of nitrogens with one attached hydrogen (secondary N) is 1. The van der Waals surface area contributed by atoms with E-state index in [0.717, 1.165) is 27.8 Å². The van der Waals surface area contributed by atoms with Gasteiger partial charge >= 0.3 is 0 Å². The van der Waals surface area contributed by atoms with E-state index in [1.165, 1.54) is 0 Å². The number of hydrogen-bond acceptors (Lipinski definition) is 5. The molecule has 5 nitrogen and oxygen atoms in total. The highest BCUT2D eigenvalue weighted by molar-refractivity contribution is 5.89. The van der Waals surface area contributed by atoms with Gasteiger partial charge in [-0.1, -0.05) is 0 Å². The van der Waals surface area contributed by atoms with Crippen LogP contribution in [0.3, 0.4) is 0 Å². The largest absolute Gasteiger partial charge is 0.493 e. The Balaban J connectivity index is 1.93. The van der Waals surface area contributed by atoms with Crippen molar-refractivity contribution in [1.29, 1.82) is 0 Å². The lowest BCUT2D eigenvalue weighted by atomic mass is 10.1. The summed E-state index contributed by atoms with van der Waals surface area (Å²) in [6.07, 6.45) is 3.57. The summed E-state index contributed by atoms with van der Waals surface area (Å²) in [5.74, 6) is 2.26. The summed E-state index contributed by atoms with van der Waals surface area (Å²) in [5.41, 5.74) is 2.10. The maximum atomic E-state index is 5.38. The third-order valence-electron chi connectivity index (χ3n) is 3.75. The minimum atomic E-state index is 0.702. The van der Waals surface area contributed by atoms with Crippen molar-refractivity contribution in [2.45, 2.75) is 13.5 Å². The molecule has 5 heteroatoms. The Morgan fingerprint density at radius 2 is 1.70 bits per heavy atom. The average molecular weight is 309 g/mol. The zero-order chi connectivity index (χ0) is 16.2. The van der Waals surface area contributed by atoms with Gasteiger partial charge in [0.15, 0.2) is 11.5 Å². The van der Waals surface area contributed by atoms with Crippen molar-refractivity contribution in [3.05, 3.63) is 54.0 Å². The second kappa shape index (κ2) is 6.52. The molecule has 1 aromatic carbocycles. The highest BCUT2D eigenvalue weighted by atomic mass is 16.5. The maximum absolute atomic E-state index is 5.38. The Hall–Kier alpha value is -2.82. The predicted octanol–water partition coefficient (Wildman–Crippen LogP) is 3.57. The molecule has 3 aromatic rings. The van der Waals surface area contributed by atoms with Gasteiger partial charge in [-0.3, -0.25) is 4.98 Å². The normalized spacial score (nSPS) is 10.6. The number of nitrogens with zero attached hydrogens (tertiary/aromatic N) is 2. The van der Waals surface area contributed by atoms with E-state index >= 15 is 0 Å². The molecule has 1 N–H and O–H groups in total. The molecule has 0 unspecified atom stereocenters. The standard InChI is InChI=1S/C18H19N3O2/c1-12-15-10-17(23-3)16(22-2)8-14(15)9-18(21-12)20-11-13-4-6-19-7-5-13/h4-10H,11H2,1-3H3,(H,20,21). The minimum absolute atomic E-state index is 0.702. The van der Waals surface area contributed by atoms with Crippen LogP contribution in [-0.4, -0.2) is 24.2 Å². The van der Waals surface area contributed by atoms with Crippen LogP contribution < -0.4 is 14.8 Å². The van der Waals surface area contributed by atoms with Gasteiger partial charge in [-0.2, -0.15) is 0 Å². The van der Waals surface area contributed by atoms with Crippen molar-refractivity contribution in [3.63, 3.8) is 0 Å². The molecule has 2 heterocycles. The number of aromatic nitrogens is 2. The monoisotopic (exact) mass is 309 g/mol. The van der Waals surface area contributed by atoms with Crippen molar-refractivity contribution >= 4 is 16.6 Å². The summed E-state index contributed by atoms with van der Waals surface area (Å²) >= 11 is 0. The lowest BCUT2D eigenvalue weighted by molar-refractivity contribution is 0.356. The zero-order valence-electron chi connectivity index (χ0n) is 13.5. The van der Waals surface area contributed by atoms with Crippen LogP contribution in [0.25, 0.3) is 10.8 Å². The smallest absolute Gasteiger partial charge is 0.161 e. The molecule has 0 spiro atoms. The molecular weight excluding hydrogens is 290 g/mol. The molecular formula is C18H19N3O2. The summed E-state index contributed by atoms with van der Waals surface area (Å²) in [6.45, 7) is 2.69. The van der Waals surface area contributed by atoms with Gasteiger partial charge in [-0.05, 0) is 48.2 Å². The van der Waals surface area contributed by atoms with E-state index in [9.17, 15) is 0 Å². The Labute approximate surface area is 135 Å². The van der Waals surface area contributed by atoms with Crippen molar-refractivity contribution < 1.29 is 9.47 Å². The summed E-state index contributed by atoms with van der Waals surface area (Å²) in [6, 6.07) is 9.92. The van der Waals surface area contributed by atoms with Gasteiger partial charge in [0.25, 0.3) is 0 Å². The fourth-order valence-corrected chi connectivity index (χ4v) is 2.53. The van der Waals surface area contributed by atoms with Gasteiger partial charge in [-0.25, -0.2) is 4.98 Å². The molecule has 3 rings (SSSR count). The van der Waals surface area contributed by atoms with Gasteiger partial charge in [0, 0.05) is 30.0 Å². The molecule has 0 aliphatic carbocycles. The first-order valence-corrected chi connectivity index (χ1v) is 7.37. The van der Waals surface area contributed by atoms with Gasteiger partial charge in [-0.15, -0.1) is 0 Å². The molecule has 2 aromatic heterocycles. The van der Waals surface area contributed by atoms with Crippen LogP contribution in [0.2, 0.25) is 0 Å². The zero-order valence-corrected chi connectivity index (χ0v) is 13.5. The van der Waals surface area contributed by atoms with Crippen molar-refractivity contribution in [1.82, 2.24) is 9.97 Å². The van der Waals surface area contributed by atoms with Crippen LogP contribution in [0, 0.1) is 6.92 Å². The summed E-state index contributed by atoms with van der Waals surface area (Å²) < 4.78 is 10.7. The number of ether oxygens (including phenoxy) is 2. The van der Waals surface area contributed by atoms with Gasteiger partial charge in [0.2, 0.25) is 0 Å². The molecule has 0 saturated heterocycles. The fourth-order valence-electron chi connectivity index (χ4n) is 2.53. The average Bonchev–Trinajstić information content (AvgIpc) is 2.59. The fraction of sp³-hybridized carbons (Fsp3) is 0.222. The van der Waals surface area contributed by atoms with E-state index in [4.69, 9.17) is 9.47 Å². The van der Waals surface area contributed by atoms with E-state index in [1.54, 1.807) is 26.6 Å². The molecule has 23 heavy (non-hydrogen) atoms. The first-order chi connectivity index (χ1) is 11.2. The number of anilines is 1. The van der Waals surface area contributed by atoms with Crippen LogP contribution in [0.5, 0.6) is 11.5 Å². The van der Waals surface area contributed by atoms with Crippen molar-refractivity contribution in [2.75, 3.05) is 19.5 Å². The maximum Gasteiger partial charge on any atom is 0.161 e. The Morgan fingerprint density at radius 1 is 1.00 bits per heavy atom. The molecule has 0 bridgehead atoms. The van der Waals surface area contributed by atoms with Gasteiger partial charge < -0.3 is 14.8 Å². The molecule has 118 valence electrons. The lowest BCUT2D eigenvalue weighted by Gasteiger charge is -2.12. The third-order valence-corrected chi connectivity index (χ3v) is 3.75. The van der Waals surface area contributed by atoms with Crippen molar-refractivity contribution in [2.24, 2.45) is 0 Å². The third kappa shape index (κ3) is 3.18. The number of hydrogen-bond donors (Lipinski definition) is 1. The SMILES string of the molecule is COc1cc2cc(NCc3ccncc3)nc(C)c2cc1OC. The number of pyridine rings is 2. The van der Waals surface area contributed by atoms with Crippen LogP contribution in [0.1, 0.15) is 11.3 Å². The number of fused-ring (bicyclic) bond motifs is 1. The highest BCUT2D eigenvalue weighted by Gasteiger charge is 2.09. The van der Waals surface area contributed by atoms with E-state index < -0.39 is 0 Å². The number of benzene rings is 1. The topological polar surface area (TPSA) is 56.3 Å². The predicted molar refractivity (Wildman–Crippen MR) is 91.1 cm³/mol. The first-order valence-electron chi connectivity index (χ1n) is 7.37. The molecule has 0 fully saturated rings. The van der Waals surface area contributed by atoms with Crippen LogP contribution >= 0.6 is 0 Å². The second-order valence-corrected chi connectivity index (χ2v) is 5.23. The van der Waals surface area contributed by atoms with Crippen LogP contribution in [0.4, 0.5) is 5.82 Å². The minimum Gasteiger partial charge on any atom is -0.493 e. The van der Waals surface area contributed by atoms with E-state index in [0.29, 0.717) is 18.0 Å². The quantitative estimate of drug-likeness (QED) is 0.781. The Bertz CT molecular complexity index is 819. The number of rotatable bonds is 5. The molecule has 0 aliphatic rings. The van der Waals surface area contributed by atoms with Crippen LogP contribution in [-0.2, 0) is 6.54 Å². The van der Waals surface area contributed by atoms with Gasteiger partial charge in [0.05, 0.1) is 14.2 Å². The molecule has 0 amide bonds. The van der Waals surface area contributed by atoms with Crippen molar-refractivity contribution in [3.8, 4) is 11.5 Å². The highest BCUT2D eigenvalue weighted by Crippen LogP contribution is 2.34. The molecule has 0 saturated carbocycles. The lowest BCUT2D eigenvalue weighted by Crippen LogP contribution is -2.02. The van der Waals surface area contributed by atoms with Crippen LogP contribution in [0.15, 0.2) is 42.7 Å². The number of aryl methyl sites for hydroxylation is 1. The van der Waals surface area contributed by atoms with E-state index in [2.05, 4.69) is 15.3 Å². The Kier molecular flexibility index (Phi) is 4.28. The first kappa shape index (κ1) is 15.1. The summed E-state index contributed by atoms with van der Waals surface area (Å²) in [5, 5.41) is 5.46. The van der Waals surface area contributed by atoms with Gasteiger partial charge in [0.1, 0.15) is 5.82 Å². The van der Waals surface area contributed by atoms with E-state index in [-0.39, 0.29) is 0 Å². The Morgan fingerprint density at radius 3 is 2.39 bits per heavy atom. The second-order valence-electron chi connectivity index (χ2n) is 5.23. The number of methoxy groups -OCH3 is 2.